The molecular formula is C22H24BrN5OS. The third kappa shape index (κ3) is 4.55. The number of rotatable bonds is 5. The van der Waals surface area contributed by atoms with Crippen molar-refractivity contribution in [1.29, 1.82) is 0 Å². The van der Waals surface area contributed by atoms with Crippen molar-refractivity contribution in [3.8, 4) is 21.7 Å². The van der Waals surface area contributed by atoms with Crippen LogP contribution in [0.4, 0.5) is 5.95 Å². The predicted octanol–water partition coefficient (Wildman–Crippen LogP) is 5.35. The summed E-state index contributed by atoms with van der Waals surface area (Å²) in [4.78, 5) is 11.5. The first-order valence-electron chi connectivity index (χ1n) is 10.6. The Hall–Kier alpha value is -1.90. The van der Waals surface area contributed by atoms with Gasteiger partial charge in [0.15, 0.2) is 3.92 Å². The Bertz CT molecular complexity index is 964. The number of halogens is 1. The molecule has 5 rings (SSSR count). The number of nitrogens with zero attached hydrogens (tertiary/aromatic N) is 5. The van der Waals surface area contributed by atoms with Gasteiger partial charge in [0, 0.05) is 36.6 Å². The molecule has 0 bridgehead atoms. The molecule has 0 atom stereocenters. The summed E-state index contributed by atoms with van der Waals surface area (Å²) in [7, 11) is 0. The van der Waals surface area contributed by atoms with Crippen molar-refractivity contribution in [3.05, 3.63) is 40.6 Å². The maximum atomic E-state index is 6.28. The summed E-state index contributed by atoms with van der Waals surface area (Å²) in [6.45, 7) is 1.92. The van der Waals surface area contributed by atoms with E-state index in [-0.39, 0.29) is 0 Å². The van der Waals surface area contributed by atoms with Crippen molar-refractivity contribution < 1.29 is 4.74 Å². The van der Waals surface area contributed by atoms with Crippen LogP contribution in [0.5, 0.6) is 0 Å². The fraction of sp³-hybridized carbons (Fsp3) is 0.455. The summed E-state index contributed by atoms with van der Waals surface area (Å²) >= 11 is 4.88. The molecular weight excluding hydrogens is 462 g/mol. The van der Waals surface area contributed by atoms with E-state index in [9.17, 15) is 0 Å². The molecule has 1 saturated heterocycles. The number of piperidine rings is 1. The molecule has 156 valence electrons. The Morgan fingerprint density at radius 3 is 2.10 bits per heavy atom. The van der Waals surface area contributed by atoms with Crippen LogP contribution in [0.15, 0.2) is 40.6 Å². The molecule has 1 saturated carbocycles. The Morgan fingerprint density at radius 2 is 1.47 bits per heavy atom. The first-order chi connectivity index (χ1) is 14.7. The monoisotopic (exact) mass is 485 g/mol. The summed E-state index contributed by atoms with van der Waals surface area (Å²) < 4.78 is 7.07. The fourth-order valence-corrected chi connectivity index (χ4v) is 5.37. The number of ether oxygens (including phenoxy) is 1. The lowest BCUT2D eigenvalue weighted by Gasteiger charge is -2.33. The SMILES string of the molecule is Brc1nnc(-c2ccc(-c3cnc(N4CCC(OC5CCCC5)CC4)nc3)cc2)s1. The van der Waals surface area contributed by atoms with Crippen LogP contribution in [0.3, 0.4) is 0 Å². The molecule has 0 radical (unpaired) electrons. The van der Waals surface area contributed by atoms with E-state index in [0.717, 1.165) is 57.5 Å². The number of anilines is 1. The lowest BCUT2D eigenvalue weighted by Crippen LogP contribution is -2.39. The second-order valence-electron chi connectivity index (χ2n) is 7.94. The highest BCUT2D eigenvalue weighted by molar-refractivity contribution is 9.11. The molecule has 0 amide bonds. The zero-order valence-electron chi connectivity index (χ0n) is 16.7. The normalized spacial score (nSPS) is 18.2. The Labute approximate surface area is 188 Å². The Morgan fingerprint density at radius 1 is 0.833 bits per heavy atom. The van der Waals surface area contributed by atoms with Crippen LogP contribution in [0.2, 0.25) is 0 Å². The zero-order chi connectivity index (χ0) is 20.3. The minimum atomic E-state index is 0.399. The third-order valence-electron chi connectivity index (χ3n) is 5.92. The van der Waals surface area contributed by atoms with Gasteiger partial charge < -0.3 is 9.64 Å². The molecule has 3 heterocycles. The smallest absolute Gasteiger partial charge is 0.225 e. The van der Waals surface area contributed by atoms with Gasteiger partial charge in [-0.1, -0.05) is 48.4 Å². The molecule has 1 aliphatic heterocycles. The van der Waals surface area contributed by atoms with Gasteiger partial charge in [0.25, 0.3) is 0 Å². The van der Waals surface area contributed by atoms with Crippen LogP contribution >= 0.6 is 27.3 Å². The van der Waals surface area contributed by atoms with Gasteiger partial charge in [0.05, 0.1) is 12.2 Å². The summed E-state index contributed by atoms with van der Waals surface area (Å²) in [5.74, 6) is 0.813. The van der Waals surface area contributed by atoms with Crippen molar-refractivity contribution in [2.75, 3.05) is 18.0 Å². The van der Waals surface area contributed by atoms with Crippen LogP contribution in [0.1, 0.15) is 38.5 Å². The van der Waals surface area contributed by atoms with Crippen LogP contribution in [0.25, 0.3) is 21.7 Å². The Balaban J connectivity index is 1.19. The largest absolute Gasteiger partial charge is 0.375 e. The lowest BCUT2D eigenvalue weighted by atomic mass is 10.1. The minimum Gasteiger partial charge on any atom is -0.375 e. The second-order valence-corrected chi connectivity index (χ2v) is 10.2. The molecule has 3 aromatic rings. The van der Waals surface area contributed by atoms with Crippen molar-refractivity contribution in [2.45, 2.75) is 50.7 Å². The van der Waals surface area contributed by atoms with E-state index in [1.54, 1.807) is 0 Å². The number of hydrogen-bond acceptors (Lipinski definition) is 7. The van der Waals surface area contributed by atoms with Gasteiger partial charge in [-0.05, 0) is 47.2 Å². The molecule has 0 unspecified atom stereocenters. The first-order valence-corrected chi connectivity index (χ1v) is 12.2. The standard InChI is InChI=1S/C22H24BrN5OS/c23-21-27-26-20(30-21)16-7-5-15(6-8-16)17-13-24-22(25-14-17)28-11-9-19(10-12-28)29-18-3-1-2-4-18/h5-8,13-14,18-19H,1-4,9-12H2. The molecule has 30 heavy (non-hydrogen) atoms. The highest BCUT2D eigenvalue weighted by Crippen LogP contribution is 2.29. The van der Waals surface area contributed by atoms with E-state index >= 15 is 0 Å². The van der Waals surface area contributed by atoms with Gasteiger partial charge in [-0.15, -0.1) is 10.2 Å². The zero-order valence-corrected chi connectivity index (χ0v) is 19.1. The van der Waals surface area contributed by atoms with Gasteiger partial charge >= 0.3 is 0 Å². The summed E-state index contributed by atoms with van der Waals surface area (Å²) in [6.07, 6.45) is 12.0. The second kappa shape index (κ2) is 9.08. The van der Waals surface area contributed by atoms with Gasteiger partial charge in [0.2, 0.25) is 5.95 Å². The first kappa shape index (κ1) is 20.0. The topological polar surface area (TPSA) is 64.0 Å². The molecule has 8 heteroatoms. The summed E-state index contributed by atoms with van der Waals surface area (Å²) in [5.41, 5.74) is 3.17. The average Bonchev–Trinajstić information content (AvgIpc) is 3.46. The van der Waals surface area contributed by atoms with E-state index in [1.165, 1.54) is 37.0 Å². The summed E-state index contributed by atoms with van der Waals surface area (Å²) in [6, 6.07) is 8.28. The molecule has 1 aliphatic carbocycles. The molecule has 0 spiro atoms. The van der Waals surface area contributed by atoms with E-state index in [4.69, 9.17) is 4.74 Å². The van der Waals surface area contributed by atoms with Crippen molar-refractivity contribution >= 4 is 33.2 Å². The van der Waals surface area contributed by atoms with Crippen LogP contribution in [0, 0.1) is 0 Å². The average molecular weight is 486 g/mol. The third-order valence-corrected chi connectivity index (χ3v) is 7.32. The number of benzene rings is 1. The Kier molecular flexibility index (Phi) is 6.06. The van der Waals surface area contributed by atoms with Crippen LogP contribution in [-0.4, -0.2) is 45.5 Å². The van der Waals surface area contributed by atoms with E-state index in [2.05, 4.69) is 65.3 Å². The van der Waals surface area contributed by atoms with E-state index in [1.807, 2.05) is 12.4 Å². The van der Waals surface area contributed by atoms with E-state index in [0.29, 0.717) is 12.2 Å². The molecule has 2 fully saturated rings. The maximum absolute atomic E-state index is 6.28. The van der Waals surface area contributed by atoms with Gasteiger partial charge in [0.1, 0.15) is 5.01 Å². The quantitative estimate of drug-likeness (QED) is 0.484. The van der Waals surface area contributed by atoms with Gasteiger partial charge in [-0.2, -0.15) is 0 Å². The van der Waals surface area contributed by atoms with Crippen LogP contribution in [-0.2, 0) is 4.74 Å². The highest BCUT2D eigenvalue weighted by Gasteiger charge is 2.25. The number of hydrogen-bond donors (Lipinski definition) is 0. The fourth-order valence-electron chi connectivity index (χ4n) is 4.25. The van der Waals surface area contributed by atoms with Gasteiger partial charge in [-0.3, -0.25) is 0 Å². The van der Waals surface area contributed by atoms with Crippen molar-refractivity contribution in [3.63, 3.8) is 0 Å². The predicted molar refractivity (Wildman–Crippen MR) is 123 cm³/mol. The molecule has 0 N–H and O–H groups in total. The highest BCUT2D eigenvalue weighted by atomic mass is 79.9. The van der Waals surface area contributed by atoms with Crippen LogP contribution < -0.4 is 4.90 Å². The minimum absolute atomic E-state index is 0.399. The summed E-state index contributed by atoms with van der Waals surface area (Å²) in [5, 5.41) is 9.08. The van der Waals surface area contributed by atoms with Gasteiger partial charge in [-0.25, -0.2) is 9.97 Å². The number of aromatic nitrogens is 4. The van der Waals surface area contributed by atoms with Crippen molar-refractivity contribution in [2.24, 2.45) is 0 Å². The molecule has 1 aromatic carbocycles. The van der Waals surface area contributed by atoms with Crippen molar-refractivity contribution in [1.82, 2.24) is 20.2 Å². The van der Waals surface area contributed by atoms with E-state index < -0.39 is 0 Å². The molecule has 6 nitrogen and oxygen atoms in total. The lowest BCUT2D eigenvalue weighted by molar-refractivity contribution is -0.0195. The maximum Gasteiger partial charge on any atom is 0.225 e. The molecule has 2 aliphatic rings. The molecule has 2 aromatic heterocycles.